The topological polar surface area (TPSA) is 55.1 Å². The van der Waals surface area contributed by atoms with Crippen LogP contribution in [-0.2, 0) is 4.79 Å². The van der Waals surface area contributed by atoms with E-state index in [9.17, 15) is 4.79 Å². The Morgan fingerprint density at radius 3 is 2.53 bits per heavy atom. The number of nitrogens with two attached hydrogens (primary N) is 1. The maximum absolute atomic E-state index is 11.5. The molecule has 2 rings (SSSR count). The molecule has 0 bridgehead atoms. The van der Waals surface area contributed by atoms with Crippen LogP contribution in [0.4, 0.5) is 0 Å². The highest BCUT2D eigenvalue weighted by atomic mass is 16.1. The highest BCUT2D eigenvalue weighted by Gasteiger charge is 2.32. The molecule has 0 aromatic rings. The van der Waals surface area contributed by atoms with E-state index in [1.54, 1.807) is 0 Å². The van der Waals surface area contributed by atoms with Crippen LogP contribution < -0.4 is 11.1 Å². The number of rotatable bonds is 5. The maximum Gasteiger partial charge on any atom is 0.220 e. The number of nitrogens with one attached hydrogen (secondary N) is 1. The van der Waals surface area contributed by atoms with Crippen molar-refractivity contribution in [2.75, 3.05) is 6.54 Å². The molecule has 3 N–H and O–H groups in total. The Bertz CT molecular complexity index is 232. The van der Waals surface area contributed by atoms with Gasteiger partial charge < -0.3 is 11.1 Å². The zero-order valence-corrected chi connectivity index (χ0v) is 9.43. The van der Waals surface area contributed by atoms with Crippen LogP contribution in [0.5, 0.6) is 0 Å². The van der Waals surface area contributed by atoms with E-state index in [0.717, 1.165) is 25.2 Å². The van der Waals surface area contributed by atoms with E-state index in [0.29, 0.717) is 13.0 Å². The average molecular weight is 210 g/mol. The Morgan fingerprint density at radius 2 is 2.07 bits per heavy atom. The smallest absolute Gasteiger partial charge is 0.220 e. The Kier molecular flexibility index (Phi) is 3.29. The summed E-state index contributed by atoms with van der Waals surface area (Å²) in [6, 6.07) is 0. The summed E-state index contributed by atoms with van der Waals surface area (Å²) in [5, 5.41) is 2.96. The molecule has 0 spiro atoms. The van der Waals surface area contributed by atoms with Crippen LogP contribution in [0.2, 0.25) is 0 Å². The molecule has 3 heteroatoms. The van der Waals surface area contributed by atoms with Crippen molar-refractivity contribution in [3.8, 4) is 0 Å². The molecule has 0 heterocycles. The highest BCUT2D eigenvalue weighted by molar-refractivity contribution is 5.75. The minimum absolute atomic E-state index is 0.0773. The molecule has 15 heavy (non-hydrogen) atoms. The summed E-state index contributed by atoms with van der Waals surface area (Å²) in [4.78, 5) is 11.5. The quantitative estimate of drug-likeness (QED) is 0.723. The van der Waals surface area contributed by atoms with E-state index in [2.05, 4.69) is 5.32 Å². The maximum atomic E-state index is 11.5. The van der Waals surface area contributed by atoms with Crippen LogP contribution in [-0.4, -0.2) is 18.0 Å². The fourth-order valence-corrected chi connectivity index (χ4v) is 2.29. The minimum Gasteiger partial charge on any atom is -0.354 e. The summed E-state index contributed by atoms with van der Waals surface area (Å²) in [7, 11) is 0. The van der Waals surface area contributed by atoms with Gasteiger partial charge >= 0.3 is 0 Å². The largest absolute Gasteiger partial charge is 0.354 e. The summed E-state index contributed by atoms with van der Waals surface area (Å²) in [5.74, 6) is 1.02. The molecule has 1 amide bonds. The van der Waals surface area contributed by atoms with Crippen molar-refractivity contribution in [3.05, 3.63) is 0 Å². The second-order valence-electron chi connectivity index (χ2n) is 5.33. The molecule has 0 aliphatic heterocycles. The number of hydrogen-bond donors (Lipinski definition) is 2. The molecule has 0 atom stereocenters. The van der Waals surface area contributed by atoms with E-state index >= 15 is 0 Å². The van der Waals surface area contributed by atoms with Gasteiger partial charge in [0, 0.05) is 18.5 Å². The minimum atomic E-state index is -0.0773. The van der Waals surface area contributed by atoms with Gasteiger partial charge in [0.1, 0.15) is 0 Å². The number of carbonyl (C=O) groups excluding carboxylic acids is 1. The molecule has 0 radical (unpaired) electrons. The third kappa shape index (κ3) is 2.94. The van der Waals surface area contributed by atoms with E-state index in [1.165, 1.54) is 25.7 Å². The monoisotopic (exact) mass is 210 g/mol. The molecule has 3 nitrogen and oxygen atoms in total. The lowest BCUT2D eigenvalue weighted by Gasteiger charge is -2.38. The van der Waals surface area contributed by atoms with Gasteiger partial charge in [-0.05, 0) is 31.6 Å². The van der Waals surface area contributed by atoms with Crippen LogP contribution in [0.25, 0.3) is 0 Å². The van der Waals surface area contributed by atoms with Gasteiger partial charge in [-0.25, -0.2) is 0 Å². The zero-order chi connectivity index (χ0) is 10.7. The summed E-state index contributed by atoms with van der Waals surface area (Å²) in [6.07, 6.45) is 9.13. The number of hydrogen-bond acceptors (Lipinski definition) is 2. The first-order chi connectivity index (χ1) is 7.18. The fourth-order valence-electron chi connectivity index (χ4n) is 2.29. The lowest BCUT2D eigenvalue weighted by molar-refractivity contribution is -0.121. The molecule has 2 aliphatic rings. The van der Waals surface area contributed by atoms with Crippen molar-refractivity contribution in [1.29, 1.82) is 0 Å². The van der Waals surface area contributed by atoms with Crippen molar-refractivity contribution < 1.29 is 4.79 Å². The van der Waals surface area contributed by atoms with Gasteiger partial charge in [-0.2, -0.15) is 0 Å². The van der Waals surface area contributed by atoms with Gasteiger partial charge in [0.2, 0.25) is 5.91 Å². The van der Waals surface area contributed by atoms with E-state index in [1.807, 2.05) is 0 Å². The van der Waals surface area contributed by atoms with Crippen molar-refractivity contribution >= 4 is 5.91 Å². The zero-order valence-electron chi connectivity index (χ0n) is 9.43. The van der Waals surface area contributed by atoms with Gasteiger partial charge in [-0.3, -0.25) is 4.79 Å². The van der Waals surface area contributed by atoms with Crippen molar-refractivity contribution in [1.82, 2.24) is 5.32 Å². The molecular weight excluding hydrogens is 188 g/mol. The van der Waals surface area contributed by atoms with Gasteiger partial charge in [0.05, 0.1) is 0 Å². The van der Waals surface area contributed by atoms with Crippen molar-refractivity contribution in [2.45, 2.75) is 56.9 Å². The van der Waals surface area contributed by atoms with E-state index in [-0.39, 0.29) is 11.4 Å². The number of carbonyl (C=O) groups is 1. The van der Waals surface area contributed by atoms with Crippen LogP contribution in [0, 0.1) is 5.92 Å². The van der Waals surface area contributed by atoms with Crippen molar-refractivity contribution in [2.24, 2.45) is 11.7 Å². The Balaban J connectivity index is 1.55. The second kappa shape index (κ2) is 4.52. The first-order valence-corrected chi connectivity index (χ1v) is 6.24. The first kappa shape index (κ1) is 10.9. The molecule has 2 aliphatic carbocycles. The van der Waals surface area contributed by atoms with Crippen molar-refractivity contribution in [3.63, 3.8) is 0 Å². The van der Waals surface area contributed by atoms with Gasteiger partial charge in [-0.15, -0.1) is 0 Å². The van der Waals surface area contributed by atoms with Crippen LogP contribution in [0.15, 0.2) is 0 Å². The molecular formula is C12H22N2O. The van der Waals surface area contributed by atoms with Gasteiger partial charge in [0.25, 0.3) is 0 Å². The molecule has 0 aromatic carbocycles. The Morgan fingerprint density at radius 1 is 1.33 bits per heavy atom. The lowest BCUT2D eigenvalue weighted by atomic mass is 9.77. The second-order valence-corrected chi connectivity index (χ2v) is 5.33. The average Bonchev–Trinajstić information content (AvgIpc) is 2.09. The highest BCUT2D eigenvalue weighted by Crippen LogP contribution is 2.30. The Labute approximate surface area is 91.8 Å². The third-order valence-corrected chi connectivity index (χ3v) is 3.99. The van der Waals surface area contributed by atoms with E-state index in [4.69, 9.17) is 5.73 Å². The molecule has 2 fully saturated rings. The third-order valence-electron chi connectivity index (χ3n) is 3.99. The first-order valence-electron chi connectivity index (χ1n) is 6.24. The van der Waals surface area contributed by atoms with Crippen LogP contribution in [0.1, 0.15) is 51.4 Å². The van der Waals surface area contributed by atoms with Crippen LogP contribution >= 0.6 is 0 Å². The van der Waals surface area contributed by atoms with Gasteiger partial charge in [0.15, 0.2) is 0 Å². The molecule has 0 unspecified atom stereocenters. The van der Waals surface area contributed by atoms with Crippen LogP contribution in [0.3, 0.4) is 0 Å². The summed E-state index contributed by atoms with van der Waals surface area (Å²) < 4.78 is 0. The SMILES string of the molecule is NC1(CNC(=O)CCC2CCC2)CCC1. The predicted molar refractivity (Wildman–Crippen MR) is 60.4 cm³/mol. The summed E-state index contributed by atoms with van der Waals surface area (Å²) in [6.45, 7) is 0.677. The number of amides is 1. The van der Waals surface area contributed by atoms with Gasteiger partial charge in [-0.1, -0.05) is 19.3 Å². The molecule has 2 saturated carbocycles. The lowest BCUT2D eigenvalue weighted by Crippen LogP contribution is -2.54. The van der Waals surface area contributed by atoms with E-state index < -0.39 is 0 Å². The molecule has 0 aromatic heterocycles. The predicted octanol–water partition coefficient (Wildman–Crippen LogP) is 1.56. The standard InChI is InChI=1S/C12H22N2O/c13-12(7-2-8-12)9-14-11(15)6-5-10-3-1-4-10/h10H,1-9,13H2,(H,14,15). The molecule has 86 valence electrons. The summed E-state index contributed by atoms with van der Waals surface area (Å²) in [5.41, 5.74) is 5.95. The summed E-state index contributed by atoms with van der Waals surface area (Å²) >= 11 is 0. The Hall–Kier alpha value is -0.570. The fraction of sp³-hybridized carbons (Fsp3) is 0.917. The normalized spacial score (nSPS) is 24.1. The molecule has 0 saturated heterocycles.